The molecule has 0 unspecified atom stereocenters. The number of nitrogens with zero attached hydrogens (tertiary/aromatic N) is 3. The van der Waals surface area contributed by atoms with Crippen LogP contribution in [0.4, 0.5) is 0 Å². The second-order valence-corrected chi connectivity index (χ2v) is 7.47. The second kappa shape index (κ2) is 5.70. The van der Waals surface area contributed by atoms with Crippen LogP contribution < -0.4 is 0 Å². The van der Waals surface area contributed by atoms with E-state index in [-0.39, 0.29) is 0 Å². The molecule has 0 atom stereocenters. The van der Waals surface area contributed by atoms with E-state index in [0.717, 1.165) is 39.2 Å². The van der Waals surface area contributed by atoms with E-state index in [9.17, 15) is 5.11 Å². The van der Waals surface area contributed by atoms with E-state index in [1.165, 1.54) is 12.8 Å². The maximum atomic E-state index is 11.0. The number of hydrogen-bond donors (Lipinski definition) is 1. The van der Waals surface area contributed by atoms with Crippen molar-refractivity contribution >= 4 is 39.2 Å². The number of para-hydroxylation sites is 1. The number of aliphatic hydroxyl groups excluding tert-OH is 1. The molecule has 5 heteroatoms. The van der Waals surface area contributed by atoms with Gasteiger partial charge in [-0.3, -0.25) is 4.40 Å². The first-order valence-corrected chi connectivity index (χ1v) is 9.37. The highest BCUT2D eigenvalue weighted by molar-refractivity contribution is 7.11. The number of aliphatic hydroxyl groups is 1. The summed E-state index contributed by atoms with van der Waals surface area (Å²) in [7, 11) is 0. The van der Waals surface area contributed by atoms with Gasteiger partial charge in [-0.25, -0.2) is 9.97 Å². The minimum absolute atomic E-state index is 0.347. The van der Waals surface area contributed by atoms with Gasteiger partial charge in [0, 0.05) is 23.4 Å². The van der Waals surface area contributed by atoms with Gasteiger partial charge in [-0.15, -0.1) is 11.3 Å². The second-order valence-electron chi connectivity index (χ2n) is 6.53. The van der Waals surface area contributed by atoms with E-state index in [2.05, 4.69) is 4.98 Å². The molecule has 1 aliphatic rings. The van der Waals surface area contributed by atoms with Crippen LogP contribution in [0.5, 0.6) is 0 Å². The summed E-state index contributed by atoms with van der Waals surface area (Å²) in [6, 6.07) is 12.0. The van der Waals surface area contributed by atoms with Crippen molar-refractivity contribution in [3.63, 3.8) is 0 Å². The van der Waals surface area contributed by atoms with Crippen LogP contribution in [0, 0.1) is 5.92 Å². The van der Waals surface area contributed by atoms with Gasteiger partial charge in [0.2, 0.25) is 0 Å². The Hall–Kier alpha value is -2.66. The lowest BCUT2D eigenvalue weighted by atomic mass is 10.1. The molecule has 124 valence electrons. The maximum absolute atomic E-state index is 11.0. The molecular weight excluding hydrogens is 330 g/mol. The van der Waals surface area contributed by atoms with Crippen LogP contribution in [0.2, 0.25) is 0 Å². The number of imidazole rings is 1. The van der Waals surface area contributed by atoms with Gasteiger partial charge in [-0.05, 0) is 48.8 Å². The Kier molecular flexibility index (Phi) is 3.35. The van der Waals surface area contributed by atoms with Crippen LogP contribution in [0.3, 0.4) is 0 Å². The van der Waals surface area contributed by atoms with Crippen LogP contribution in [-0.2, 0) is 0 Å². The van der Waals surface area contributed by atoms with Crippen molar-refractivity contribution in [3.8, 4) is 0 Å². The molecule has 4 aromatic rings. The first-order valence-electron chi connectivity index (χ1n) is 8.49. The molecule has 5 rings (SSSR count). The summed E-state index contributed by atoms with van der Waals surface area (Å²) in [4.78, 5) is 10.3. The van der Waals surface area contributed by atoms with Crippen molar-refractivity contribution in [2.75, 3.05) is 0 Å². The third kappa shape index (κ3) is 2.51. The first kappa shape index (κ1) is 14.7. The Morgan fingerprint density at radius 1 is 1.20 bits per heavy atom. The Morgan fingerprint density at radius 2 is 2.08 bits per heavy atom. The summed E-state index contributed by atoms with van der Waals surface area (Å²) < 4.78 is 2.00. The Balaban J connectivity index is 1.80. The molecule has 0 aliphatic heterocycles. The molecule has 1 aliphatic carbocycles. The molecule has 3 heterocycles. The molecule has 1 saturated carbocycles. The number of fused-ring (bicyclic) bond motifs is 3. The van der Waals surface area contributed by atoms with Gasteiger partial charge in [-0.2, -0.15) is 0 Å². The predicted octanol–water partition coefficient (Wildman–Crippen LogP) is 5.17. The molecule has 0 bridgehead atoms. The van der Waals surface area contributed by atoms with Crippen LogP contribution in [0.1, 0.15) is 30.0 Å². The van der Waals surface area contributed by atoms with E-state index in [1.807, 2.05) is 52.4 Å². The maximum Gasteiger partial charge on any atom is 0.147 e. The molecule has 0 amide bonds. The summed E-state index contributed by atoms with van der Waals surface area (Å²) in [6.07, 6.45) is 7.02. The Bertz CT molecular complexity index is 1090. The molecule has 1 fully saturated rings. The summed E-state index contributed by atoms with van der Waals surface area (Å²) in [5, 5.41) is 14.0. The van der Waals surface area contributed by atoms with Gasteiger partial charge in [-0.1, -0.05) is 18.2 Å². The molecule has 0 saturated heterocycles. The largest absolute Gasteiger partial charge is 0.506 e. The summed E-state index contributed by atoms with van der Waals surface area (Å²) >= 11 is 1.55. The van der Waals surface area contributed by atoms with Gasteiger partial charge < -0.3 is 5.11 Å². The quantitative estimate of drug-likeness (QED) is 0.518. The summed E-state index contributed by atoms with van der Waals surface area (Å²) in [5.74, 6) is 1.78. The van der Waals surface area contributed by atoms with Crippen LogP contribution >= 0.6 is 11.3 Å². The highest BCUT2D eigenvalue weighted by Crippen LogP contribution is 2.41. The Morgan fingerprint density at radius 3 is 2.88 bits per heavy atom. The topological polar surface area (TPSA) is 50.4 Å². The van der Waals surface area contributed by atoms with Crippen molar-refractivity contribution in [2.45, 2.75) is 19.3 Å². The van der Waals surface area contributed by atoms with Crippen molar-refractivity contribution < 1.29 is 5.11 Å². The smallest absolute Gasteiger partial charge is 0.147 e. The molecule has 25 heavy (non-hydrogen) atoms. The van der Waals surface area contributed by atoms with Crippen LogP contribution in [0.15, 0.2) is 54.2 Å². The predicted molar refractivity (Wildman–Crippen MR) is 102 cm³/mol. The van der Waals surface area contributed by atoms with Gasteiger partial charge in [0.25, 0.3) is 0 Å². The standard InChI is InChI=1S/C20H17N3OS/c24-18(17-6-3-11-25-17)15(12-13-7-8-13)20-22-16-5-2-1-4-14(16)19-21-9-10-23(19)20/h1-6,9-11,13,24H,7-8,12H2/b18-15-. The SMILES string of the molecule is O/C(=C(/CC1CC1)c1nc2ccccc2c2nccn12)c1cccs1. The number of thiophene rings is 1. The first-order chi connectivity index (χ1) is 12.3. The zero-order chi connectivity index (χ0) is 16.8. The zero-order valence-corrected chi connectivity index (χ0v) is 14.4. The van der Waals surface area contributed by atoms with E-state index >= 15 is 0 Å². The number of benzene rings is 1. The van der Waals surface area contributed by atoms with Crippen molar-refractivity contribution in [3.05, 3.63) is 64.9 Å². The molecule has 0 spiro atoms. The van der Waals surface area contributed by atoms with E-state index < -0.39 is 0 Å². The average Bonchev–Trinajstić information content (AvgIpc) is 3.12. The lowest BCUT2D eigenvalue weighted by molar-refractivity contribution is 0.512. The van der Waals surface area contributed by atoms with Gasteiger partial charge in [0.1, 0.15) is 17.2 Å². The van der Waals surface area contributed by atoms with Gasteiger partial charge in [0.15, 0.2) is 0 Å². The Labute approximate surface area is 149 Å². The fourth-order valence-corrected chi connectivity index (χ4v) is 3.98. The van der Waals surface area contributed by atoms with E-state index in [1.54, 1.807) is 17.5 Å². The van der Waals surface area contributed by atoms with Crippen molar-refractivity contribution in [1.29, 1.82) is 0 Å². The van der Waals surface area contributed by atoms with Gasteiger partial charge in [0.05, 0.1) is 10.4 Å². The highest BCUT2D eigenvalue weighted by Gasteiger charge is 2.27. The van der Waals surface area contributed by atoms with Crippen molar-refractivity contribution in [2.24, 2.45) is 5.92 Å². The highest BCUT2D eigenvalue weighted by atomic mass is 32.1. The molecule has 1 aromatic carbocycles. The minimum atomic E-state index is 0.347. The number of aromatic nitrogens is 3. The molecule has 0 radical (unpaired) electrons. The number of rotatable bonds is 4. The van der Waals surface area contributed by atoms with E-state index in [4.69, 9.17) is 4.98 Å². The molecule has 4 nitrogen and oxygen atoms in total. The van der Waals surface area contributed by atoms with Crippen LogP contribution in [0.25, 0.3) is 27.9 Å². The lowest BCUT2D eigenvalue weighted by Crippen LogP contribution is -2.04. The van der Waals surface area contributed by atoms with Crippen LogP contribution in [-0.4, -0.2) is 19.5 Å². The van der Waals surface area contributed by atoms with Gasteiger partial charge >= 0.3 is 0 Å². The molecule has 3 aromatic heterocycles. The third-order valence-electron chi connectivity index (χ3n) is 4.74. The summed E-state index contributed by atoms with van der Waals surface area (Å²) in [5.41, 5.74) is 2.70. The van der Waals surface area contributed by atoms with Crippen molar-refractivity contribution in [1.82, 2.24) is 14.4 Å². The fourth-order valence-electron chi connectivity index (χ4n) is 3.28. The summed E-state index contributed by atoms with van der Waals surface area (Å²) in [6.45, 7) is 0. The molecular formula is C20H17N3OS. The van der Waals surface area contributed by atoms with E-state index in [0.29, 0.717) is 11.7 Å². The third-order valence-corrected chi connectivity index (χ3v) is 5.62. The normalized spacial score (nSPS) is 15.7. The number of hydrogen-bond acceptors (Lipinski definition) is 4. The zero-order valence-electron chi connectivity index (χ0n) is 13.6. The minimum Gasteiger partial charge on any atom is -0.506 e. The monoisotopic (exact) mass is 347 g/mol. The fraction of sp³-hybridized carbons (Fsp3) is 0.200. The number of allylic oxidation sites excluding steroid dienone is 1. The lowest BCUT2D eigenvalue weighted by Gasteiger charge is -2.13. The molecule has 1 N–H and O–H groups in total. The average molecular weight is 347 g/mol.